The molecule has 5 heteroatoms. The lowest BCUT2D eigenvalue weighted by Gasteiger charge is -2.17. The number of nitrogens with one attached hydrogen (secondary N) is 1. The van der Waals surface area contributed by atoms with Gasteiger partial charge in [0.2, 0.25) is 11.8 Å². The van der Waals surface area contributed by atoms with E-state index in [2.05, 4.69) is 5.32 Å². The summed E-state index contributed by atoms with van der Waals surface area (Å²) in [7, 11) is 0. The van der Waals surface area contributed by atoms with Gasteiger partial charge in [-0.1, -0.05) is 42.5 Å². The van der Waals surface area contributed by atoms with Crippen LogP contribution in [0.4, 0.5) is 10.1 Å². The van der Waals surface area contributed by atoms with Crippen molar-refractivity contribution in [3.8, 4) is 0 Å². The molecule has 1 atom stereocenters. The van der Waals surface area contributed by atoms with Gasteiger partial charge in [0, 0.05) is 31.1 Å². The van der Waals surface area contributed by atoms with Gasteiger partial charge in [0.25, 0.3) is 0 Å². The normalized spacial score (nSPS) is 16.5. The number of rotatable bonds is 5. The summed E-state index contributed by atoms with van der Waals surface area (Å²) in [5.74, 6) is -0.328. The molecular weight excluding hydrogens is 355 g/mol. The summed E-state index contributed by atoms with van der Waals surface area (Å²) in [4.78, 5) is 26.4. The average molecular weight is 376 g/mol. The lowest BCUT2D eigenvalue weighted by Crippen LogP contribution is -2.32. The predicted molar refractivity (Wildman–Crippen MR) is 108 cm³/mol. The first kappa shape index (κ1) is 18.2. The van der Waals surface area contributed by atoms with E-state index >= 15 is 0 Å². The number of hydrogen-bond donors (Lipinski definition) is 1. The molecule has 1 aliphatic heterocycles. The van der Waals surface area contributed by atoms with Crippen LogP contribution in [0.2, 0.25) is 0 Å². The molecule has 3 aromatic carbocycles. The van der Waals surface area contributed by atoms with Crippen molar-refractivity contribution in [3.05, 3.63) is 78.1 Å². The number of fused-ring (bicyclic) bond motifs is 1. The van der Waals surface area contributed by atoms with Gasteiger partial charge in [0.15, 0.2) is 0 Å². The molecule has 1 unspecified atom stereocenters. The number of halogens is 1. The molecule has 4 nitrogen and oxygen atoms in total. The van der Waals surface area contributed by atoms with Gasteiger partial charge in [-0.15, -0.1) is 0 Å². The van der Waals surface area contributed by atoms with Crippen molar-refractivity contribution >= 4 is 28.3 Å². The summed E-state index contributed by atoms with van der Waals surface area (Å²) in [6, 6.07) is 19.9. The fraction of sp³-hybridized carbons (Fsp3) is 0.217. The van der Waals surface area contributed by atoms with E-state index in [1.807, 2.05) is 42.5 Å². The fourth-order valence-corrected chi connectivity index (χ4v) is 3.73. The summed E-state index contributed by atoms with van der Waals surface area (Å²) in [6.45, 7) is 0.978. The highest BCUT2D eigenvalue weighted by Crippen LogP contribution is 2.25. The molecule has 0 saturated carbocycles. The van der Waals surface area contributed by atoms with Crippen LogP contribution in [0.15, 0.2) is 66.7 Å². The van der Waals surface area contributed by atoms with Gasteiger partial charge >= 0.3 is 0 Å². The van der Waals surface area contributed by atoms with Crippen LogP contribution >= 0.6 is 0 Å². The molecule has 28 heavy (non-hydrogen) atoms. The van der Waals surface area contributed by atoms with Crippen LogP contribution in [0.3, 0.4) is 0 Å². The highest BCUT2D eigenvalue weighted by atomic mass is 19.1. The van der Waals surface area contributed by atoms with E-state index in [9.17, 15) is 14.0 Å². The van der Waals surface area contributed by atoms with E-state index in [-0.39, 0.29) is 23.5 Å². The summed E-state index contributed by atoms with van der Waals surface area (Å²) >= 11 is 0. The third-order valence-electron chi connectivity index (χ3n) is 5.16. The monoisotopic (exact) mass is 376 g/mol. The number of benzene rings is 3. The van der Waals surface area contributed by atoms with Crippen LogP contribution in [0, 0.1) is 11.7 Å². The Morgan fingerprint density at radius 2 is 1.79 bits per heavy atom. The Balaban J connectivity index is 1.35. The number of nitrogens with zero attached hydrogens (tertiary/aromatic N) is 1. The minimum Gasteiger partial charge on any atom is -0.355 e. The van der Waals surface area contributed by atoms with Gasteiger partial charge in [0.05, 0.1) is 6.42 Å². The second kappa shape index (κ2) is 7.80. The van der Waals surface area contributed by atoms with Gasteiger partial charge in [-0.2, -0.15) is 0 Å². The Morgan fingerprint density at radius 3 is 2.61 bits per heavy atom. The summed E-state index contributed by atoms with van der Waals surface area (Å²) in [5.41, 5.74) is 1.68. The number of amides is 2. The summed E-state index contributed by atoms with van der Waals surface area (Å²) in [6.07, 6.45) is 0.690. The molecule has 142 valence electrons. The zero-order chi connectivity index (χ0) is 19.5. The lowest BCUT2D eigenvalue weighted by molar-refractivity contribution is -0.121. The van der Waals surface area contributed by atoms with Gasteiger partial charge < -0.3 is 10.2 Å². The first-order valence-electron chi connectivity index (χ1n) is 9.39. The molecule has 3 aromatic rings. The largest absolute Gasteiger partial charge is 0.355 e. The zero-order valence-corrected chi connectivity index (χ0v) is 15.4. The van der Waals surface area contributed by atoms with E-state index in [1.54, 1.807) is 17.0 Å². The Hall–Kier alpha value is -3.21. The Kier molecular flexibility index (Phi) is 5.06. The molecule has 0 spiro atoms. The number of carbonyl (C=O) groups is 2. The maximum Gasteiger partial charge on any atom is 0.227 e. The van der Waals surface area contributed by atoms with Gasteiger partial charge in [-0.25, -0.2) is 4.39 Å². The van der Waals surface area contributed by atoms with Crippen LogP contribution in [0.1, 0.15) is 12.0 Å². The molecule has 0 aromatic heterocycles. The van der Waals surface area contributed by atoms with Crippen molar-refractivity contribution in [1.29, 1.82) is 0 Å². The second-order valence-corrected chi connectivity index (χ2v) is 7.17. The lowest BCUT2D eigenvalue weighted by atomic mass is 10.0. The van der Waals surface area contributed by atoms with Crippen LogP contribution in [-0.4, -0.2) is 24.9 Å². The quantitative estimate of drug-likeness (QED) is 0.738. The molecule has 1 saturated heterocycles. The summed E-state index contributed by atoms with van der Waals surface area (Å²) < 4.78 is 13.1. The molecule has 0 aliphatic carbocycles. The molecule has 2 amide bonds. The standard InChI is InChI=1S/C23H21FN2O2/c24-19-8-10-20(11-9-19)26-15-16(12-23(26)28)14-25-22(27)13-18-6-3-5-17-4-1-2-7-21(17)18/h1-11,16H,12-15H2,(H,25,27). The minimum absolute atomic E-state index is 0.0000828. The Labute approximate surface area is 163 Å². The van der Waals surface area contributed by atoms with Crippen molar-refractivity contribution in [3.63, 3.8) is 0 Å². The molecule has 1 heterocycles. The van der Waals surface area contributed by atoms with Crippen molar-refractivity contribution in [2.24, 2.45) is 5.92 Å². The number of carbonyl (C=O) groups excluding carboxylic acids is 2. The molecule has 4 rings (SSSR count). The smallest absolute Gasteiger partial charge is 0.227 e. The third-order valence-corrected chi connectivity index (χ3v) is 5.16. The maximum absolute atomic E-state index is 13.1. The van der Waals surface area contributed by atoms with E-state index in [0.29, 0.717) is 31.6 Å². The Bertz CT molecular complexity index is 1010. The van der Waals surface area contributed by atoms with Crippen molar-refractivity contribution in [1.82, 2.24) is 5.32 Å². The fourth-order valence-electron chi connectivity index (χ4n) is 3.73. The van der Waals surface area contributed by atoms with Crippen molar-refractivity contribution < 1.29 is 14.0 Å². The predicted octanol–water partition coefficient (Wildman–Crippen LogP) is 3.69. The Morgan fingerprint density at radius 1 is 1.04 bits per heavy atom. The second-order valence-electron chi connectivity index (χ2n) is 7.17. The number of hydrogen-bond acceptors (Lipinski definition) is 2. The SMILES string of the molecule is O=C(Cc1cccc2ccccc12)NCC1CC(=O)N(c2ccc(F)cc2)C1. The molecule has 1 aliphatic rings. The van der Waals surface area contributed by atoms with Gasteiger partial charge in [-0.05, 0) is 40.6 Å². The molecule has 1 N–H and O–H groups in total. The highest BCUT2D eigenvalue weighted by molar-refractivity contribution is 5.96. The topological polar surface area (TPSA) is 49.4 Å². The molecule has 0 bridgehead atoms. The zero-order valence-electron chi connectivity index (χ0n) is 15.4. The summed E-state index contributed by atoms with van der Waals surface area (Å²) in [5, 5.41) is 5.16. The van der Waals surface area contributed by atoms with Gasteiger partial charge in [-0.3, -0.25) is 9.59 Å². The number of anilines is 1. The van der Waals surface area contributed by atoms with Crippen molar-refractivity contribution in [2.45, 2.75) is 12.8 Å². The molecule has 1 fully saturated rings. The third kappa shape index (κ3) is 3.88. The van der Waals surface area contributed by atoms with Crippen LogP contribution < -0.4 is 10.2 Å². The molecule has 0 radical (unpaired) electrons. The average Bonchev–Trinajstić information content (AvgIpc) is 3.08. The first-order valence-corrected chi connectivity index (χ1v) is 9.39. The first-order chi connectivity index (χ1) is 13.6. The molecular formula is C23H21FN2O2. The van der Waals surface area contributed by atoms with Crippen LogP contribution in [0.25, 0.3) is 10.8 Å². The minimum atomic E-state index is -0.326. The van der Waals surface area contributed by atoms with E-state index in [0.717, 1.165) is 16.3 Å². The highest BCUT2D eigenvalue weighted by Gasteiger charge is 2.30. The van der Waals surface area contributed by atoms with E-state index in [1.165, 1.54) is 12.1 Å². The van der Waals surface area contributed by atoms with Crippen LogP contribution in [0.5, 0.6) is 0 Å². The van der Waals surface area contributed by atoms with Crippen molar-refractivity contribution in [2.75, 3.05) is 18.0 Å². The van der Waals surface area contributed by atoms with Crippen LogP contribution in [-0.2, 0) is 16.0 Å². The van der Waals surface area contributed by atoms with Gasteiger partial charge in [0.1, 0.15) is 5.82 Å². The van der Waals surface area contributed by atoms with E-state index < -0.39 is 0 Å². The van der Waals surface area contributed by atoms with E-state index in [4.69, 9.17) is 0 Å². The maximum atomic E-state index is 13.1.